The SMILES string of the molecule is O=S(=O)(c1ccccc1Sc1ncn(-c2ccccc2)n1)C(F)(F)F. The summed E-state index contributed by atoms with van der Waals surface area (Å²) in [5, 5.41) is 4.29. The van der Waals surface area contributed by atoms with Crippen molar-refractivity contribution in [3.05, 3.63) is 60.9 Å². The Morgan fingerprint density at radius 3 is 2.28 bits per heavy atom. The Labute approximate surface area is 145 Å². The van der Waals surface area contributed by atoms with E-state index in [0.717, 1.165) is 23.5 Å². The molecule has 0 amide bonds. The number of hydrogen-bond donors (Lipinski definition) is 0. The monoisotopic (exact) mass is 385 g/mol. The van der Waals surface area contributed by atoms with Crippen LogP contribution in [0.2, 0.25) is 0 Å². The van der Waals surface area contributed by atoms with Crippen molar-refractivity contribution >= 4 is 21.6 Å². The van der Waals surface area contributed by atoms with Gasteiger partial charge in [-0.3, -0.25) is 0 Å². The van der Waals surface area contributed by atoms with Crippen molar-refractivity contribution in [3.8, 4) is 5.69 Å². The highest BCUT2D eigenvalue weighted by Gasteiger charge is 2.47. The van der Waals surface area contributed by atoms with Gasteiger partial charge >= 0.3 is 5.51 Å². The van der Waals surface area contributed by atoms with Gasteiger partial charge in [0.2, 0.25) is 5.16 Å². The van der Waals surface area contributed by atoms with E-state index in [1.165, 1.54) is 29.2 Å². The number of rotatable bonds is 4. The normalized spacial score (nSPS) is 12.3. The smallest absolute Gasteiger partial charge is 0.220 e. The van der Waals surface area contributed by atoms with E-state index in [1.807, 2.05) is 6.07 Å². The molecule has 0 N–H and O–H groups in total. The summed E-state index contributed by atoms with van der Waals surface area (Å²) in [6, 6.07) is 13.9. The summed E-state index contributed by atoms with van der Waals surface area (Å²) >= 11 is 0.750. The van der Waals surface area contributed by atoms with Crippen molar-refractivity contribution in [2.45, 2.75) is 20.5 Å². The van der Waals surface area contributed by atoms with Crippen LogP contribution in [0.4, 0.5) is 13.2 Å². The topological polar surface area (TPSA) is 64.8 Å². The van der Waals surface area contributed by atoms with Gasteiger partial charge in [-0.1, -0.05) is 30.3 Å². The summed E-state index contributed by atoms with van der Waals surface area (Å²) in [5.41, 5.74) is -4.65. The highest BCUT2D eigenvalue weighted by atomic mass is 32.2. The molecule has 0 aliphatic carbocycles. The molecule has 0 radical (unpaired) electrons. The molecular formula is C15H10F3N3O2S2. The van der Waals surface area contributed by atoms with E-state index in [-0.39, 0.29) is 10.1 Å². The molecule has 1 heterocycles. The number of hydrogen-bond acceptors (Lipinski definition) is 5. The highest BCUT2D eigenvalue weighted by Crippen LogP contribution is 2.37. The van der Waals surface area contributed by atoms with E-state index in [2.05, 4.69) is 10.1 Å². The Bertz CT molecular complexity index is 987. The van der Waals surface area contributed by atoms with Gasteiger partial charge in [-0.05, 0) is 36.0 Å². The van der Waals surface area contributed by atoms with Gasteiger partial charge in [0.05, 0.1) is 10.6 Å². The first-order valence-corrected chi connectivity index (χ1v) is 9.14. The van der Waals surface area contributed by atoms with Crippen LogP contribution in [0.15, 0.2) is 75.9 Å². The van der Waals surface area contributed by atoms with Crippen LogP contribution in [0.3, 0.4) is 0 Å². The van der Waals surface area contributed by atoms with Gasteiger partial charge in [-0.2, -0.15) is 13.2 Å². The summed E-state index contributed by atoms with van der Waals surface area (Å²) < 4.78 is 63.4. The third kappa shape index (κ3) is 3.54. The summed E-state index contributed by atoms with van der Waals surface area (Å²) in [7, 11) is -5.46. The largest absolute Gasteiger partial charge is 0.501 e. The maximum atomic E-state index is 12.8. The molecule has 0 spiro atoms. The second kappa shape index (κ2) is 6.52. The van der Waals surface area contributed by atoms with E-state index in [1.54, 1.807) is 24.3 Å². The van der Waals surface area contributed by atoms with Crippen molar-refractivity contribution in [3.63, 3.8) is 0 Å². The Balaban J connectivity index is 1.94. The zero-order valence-corrected chi connectivity index (χ0v) is 14.0. The first-order valence-electron chi connectivity index (χ1n) is 6.84. The second-order valence-corrected chi connectivity index (χ2v) is 7.72. The predicted molar refractivity (Wildman–Crippen MR) is 85.2 cm³/mol. The zero-order chi connectivity index (χ0) is 18.1. The standard InChI is InChI=1S/C15H10F3N3O2S2/c16-15(17,18)25(22,23)13-9-5-4-8-12(13)24-14-19-10-21(20-14)11-6-2-1-3-7-11/h1-10H. The maximum Gasteiger partial charge on any atom is 0.501 e. The molecule has 25 heavy (non-hydrogen) atoms. The molecule has 0 fully saturated rings. The van der Waals surface area contributed by atoms with Gasteiger partial charge in [0.1, 0.15) is 6.33 Å². The summed E-state index contributed by atoms with van der Waals surface area (Å²) in [4.78, 5) is 3.10. The molecule has 3 rings (SSSR count). The Hall–Kier alpha value is -2.33. The van der Waals surface area contributed by atoms with Crippen LogP contribution in [0.1, 0.15) is 0 Å². The number of sulfone groups is 1. The fourth-order valence-corrected chi connectivity index (χ4v) is 4.01. The average molecular weight is 385 g/mol. The van der Waals surface area contributed by atoms with Gasteiger partial charge in [-0.25, -0.2) is 18.1 Å². The molecule has 5 nitrogen and oxygen atoms in total. The van der Waals surface area contributed by atoms with Gasteiger partial charge in [-0.15, -0.1) is 5.10 Å². The van der Waals surface area contributed by atoms with Gasteiger partial charge < -0.3 is 0 Å². The molecule has 0 aliphatic rings. The zero-order valence-electron chi connectivity index (χ0n) is 12.4. The lowest BCUT2D eigenvalue weighted by molar-refractivity contribution is -0.0437. The van der Waals surface area contributed by atoms with E-state index < -0.39 is 20.2 Å². The first-order chi connectivity index (χ1) is 11.8. The lowest BCUT2D eigenvalue weighted by Gasteiger charge is -2.11. The van der Waals surface area contributed by atoms with Crippen LogP contribution in [0.25, 0.3) is 5.69 Å². The van der Waals surface area contributed by atoms with Crippen molar-refractivity contribution in [1.29, 1.82) is 0 Å². The third-order valence-electron chi connectivity index (χ3n) is 3.14. The maximum absolute atomic E-state index is 12.8. The molecular weight excluding hydrogens is 375 g/mol. The Morgan fingerprint density at radius 1 is 0.960 bits per heavy atom. The summed E-state index contributed by atoms with van der Waals surface area (Å²) in [5.74, 6) is 0. The van der Waals surface area contributed by atoms with Crippen LogP contribution < -0.4 is 0 Å². The Morgan fingerprint density at radius 2 is 1.60 bits per heavy atom. The van der Waals surface area contributed by atoms with Crippen molar-refractivity contribution in [2.24, 2.45) is 0 Å². The van der Waals surface area contributed by atoms with Crippen molar-refractivity contribution < 1.29 is 21.6 Å². The van der Waals surface area contributed by atoms with Crippen LogP contribution in [0.5, 0.6) is 0 Å². The number of aromatic nitrogens is 3. The van der Waals surface area contributed by atoms with Gasteiger partial charge in [0, 0.05) is 4.90 Å². The number of alkyl halides is 3. The molecule has 0 saturated carbocycles. The molecule has 0 unspecified atom stereocenters. The number of para-hydroxylation sites is 1. The van der Waals surface area contributed by atoms with Crippen molar-refractivity contribution in [1.82, 2.24) is 14.8 Å². The Kier molecular flexibility index (Phi) is 4.56. The molecule has 0 atom stereocenters. The molecule has 2 aromatic carbocycles. The van der Waals surface area contributed by atoms with Crippen LogP contribution in [-0.2, 0) is 9.84 Å². The molecule has 3 aromatic rings. The van der Waals surface area contributed by atoms with Crippen LogP contribution in [-0.4, -0.2) is 28.7 Å². The molecule has 0 aliphatic heterocycles. The van der Waals surface area contributed by atoms with Crippen LogP contribution >= 0.6 is 11.8 Å². The molecule has 10 heteroatoms. The summed E-state index contributed by atoms with van der Waals surface area (Å²) in [6.07, 6.45) is 1.40. The number of nitrogens with zero attached hydrogens (tertiary/aromatic N) is 3. The van der Waals surface area contributed by atoms with E-state index in [0.29, 0.717) is 0 Å². The van der Waals surface area contributed by atoms with E-state index in [9.17, 15) is 21.6 Å². The second-order valence-electron chi connectivity index (χ2n) is 4.81. The molecule has 0 saturated heterocycles. The number of halogens is 3. The fraction of sp³-hybridized carbons (Fsp3) is 0.0667. The van der Waals surface area contributed by atoms with Gasteiger partial charge in [0.25, 0.3) is 9.84 Å². The quantitative estimate of drug-likeness (QED) is 0.685. The minimum absolute atomic E-state index is 0.0920. The number of benzene rings is 2. The lowest BCUT2D eigenvalue weighted by Crippen LogP contribution is -2.23. The van der Waals surface area contributed by atoms with E-state index >= 15 is 0 Å². The molecule has 130 valence electrons. The minimum Gasteiger partial charge on any atom is -0.220 e. The molecule has 1 aromatic heterocycles. The fourth-order valence-electron chi connectivity index (χ4n) is 1.98. The van der Waals surface area contributed by atoms with Gasteiger partial charge in [0.15, 0.2) is 0 Å². The third-order valence-corrected chi connectivity index (χ3v) is 5.76. The minimum atomic E-state index is -5.46. The molecule has 0 bridgehead atoms. The average Bonchev–Trinajstić information content (AvgIpc) is 3.03. The van der Waals surface area contributed by atoms with E-state index in [4.69, 9.17) is 0 Å². The highest BCUT2D eigenvalue weighted by molar-refractivity contribution is 8.00. The lowest BCUT2D eigenvalue weighted by atomic mass is 10.3. The first kappa shape index (κ1) is 17.5. The van der Waals surface area contributed by atoms with Crippen molar-refractivity contribution in [2.75, 3.05) is 0 Å². The predicted octanol–water partition coefficient (Wildman–Crippen LogP) is 3.71. The van der Waals surface area contributed by atoms with Crippen LogP contribution in [0, 0.1) is 0 Å². The summed E-state index contributed by atoms with van der Waals surface area (Å²) in [6.45, 7) is 0.